The Labute approximate surface area is 126 Å². The summed E-state index contributed by atoms with van der Waals surface area (Å²) in [5.74, 6) is -0.157. The maximum Gasteiger partial charge on any atom is 0.325 e. The summed E-state index contributed by atoms with van der Waals surface area (Å²) >= 11 is 0. The third kappa shape index (κ3) is 4.05. The van der Waals surface area contributed by atoms with Gasteiger partial charge in [-0.1, -0.05) is 37.1 Å². The fourth-order valence-corrected chi connectivity index (χ4v) is 3.16. The maximum absolute atomic E-state index is 11.6. The summed E-state index contributed by atoms with van der Waals surface area (Å²) < 4.78 is 5.03. The first-order chi connectivity index (χ1) is 10.1. The lowest BCUT2D eigenvalue weighted by Gasteiger charge is -2.25. The van der Waals surface area contributed by atoms with Crippen LogP contribution in [0.15, 0.2) is 24.3 Å². The highest BCUT2D eigenvalue weighted by Gasteiger charge is 2.25. The maximum atomic E-state index is 11.6. The fourth-order valence-electron chi connectivity index (χ4n) is 3.16. The van der Waals surface area contributed by atoms with Gasteiger partial charge in [0.05, 0.1) is 6.61 Å². The van der Waals surface area contributed by atoms with Gasteiger partial charge in [-0.05, 0) is 36.9 Å². The third-order valence-corrected chi connectivity index (χ3v) is 4.40. The SMILES string of the molecule is COCCN(C)C(C(=O)O)c1ccc(C2CCCC2)cc1. The molecule has 0 aliphatic heterocycles. The molecule has 1 aliphatic carbocycles. The van der Waals surface area contributed by atoms with Gasteiger partial charge in [0, 0.05) is 13.7 Å². The van der Waals surface area contributed by atoms with Crippen LogP contribution in [0.2, 0.25) is 0 Å². The zero-order valence-electron chi connectivity index (χ0n) is 12.9. The number of ether oxygens (including phenoxy) is 1. The molecule has 1 aliphatic rings. The van der Waals surface area contributed by atoms with E-state index in [2.05, 4.69) is 12.1 Å². The zero-order valence-corrected chi connectivity index (χ0v) is 12.9. The van der Waals surface area contributed by atoms with Crippen molar-refractivity contribution in [1.82, 2.24) is 4.90 Å². The molecule has 0 amide bonds. The molecule has 1 saturated carbocycles. The number of carbonyl (C=O) groups is 1. The number of likely N-dealkylation sites (N-methyl/N-ethyl adjacent to an activating group) is 1. The van der Waals surface area contributed by atoms with Gasteiger partial charge >= 0.3 is 5.97 Å². The number of nitrogens with zero attached hydrogens (tertiary/aromatic N) is 1. The van der Waals surface area contributed by atoms with E-state index in [1.165, 1.54) is 31.2 Å². The molecule has 2 rings (SSSR count). The Bertz CT molecular complexity index is 452. The molecule has 1 aromatic rings. The van der Waals surface area contributed by atoms with Crippen LogP contribution >= 0.6 is 0 Å². The van der Waals surface area contributed by atoms with Gasteiger partial charge in [-0.15, -0.1) is 0 Å². The normalized spacial score (nSPS) is 17.3. The summed E-state index contributed by atoms with van der Waals surface area (Å²) in [4.78, 5) is 13.4. The summed E-state index contributed by atoms with van der Waals surface area (Å²) in [6.45, 7) is 1.12. The molecule has 0 spiro atoms. The zero-order chi connectivity index (χ0) is 15.2. The van der Waals surface area contributed by atoms with Crippen LogP contribution < -0.4 is 0 Å². The van der Waals surface area contributed by atoms with Gasteiger partial charge in [0.2, 0.25) is 0 Å². The standard InChI is InChI=1S/C17H25NO3/c1-18(11-12-21-2)16(17(19)20)15-9-7-14(8-10-15)13-5-3-4-6-13/h7-10,13,16H,3-6,11-12H2,1-2H3,(H,19,20). The third-order valence-electron chi connectivity index (χ3n) is 4.40. The molecule has 0 radical (unpaired) electrons. The molecule has 21 heavy (non-hydrogen) atoms. The summed E-state index contributed by atoms with van der Waals surface area (Å²) in [5, 5.41) is 9.49. The number of hydrogen-bond acceptors (Lipinski definition) is 3. The summed E-state index contributed by atoms with van der Waals surface area (Å²) in [6, 6.07) is 7.53. The second-order valence-electron chi connectivity index (χ2n) is 5.86. The highest BCUT2D eigenvalue weighted by molar-refractivity contribution is 5.75. The Morgan fingerprint density at radius 3 is 2.48 bits per heavy atom. The lowest BCUT2D eigenvalue weighted by Crippen LogP contribution is -2.33. The molecular weight excluding hydrogens is 266 g/mol. The highest BCUT2D eigenvalue weighted by atomic mass is 16.5. The molecule has 4 heteroatoms. The lowest BCUT2D eigenvalue weighted by molar-refractivity contribution is -0.143. The molecule has 0 aromatic heterocycles. The lowest BCUT2D eigenvalue weighted by atomic mass is 9.95. The number of hydrogen-bond donors (Lipinski definition) is 1. The minimum Gasteiger partial charge on any atom is -0.480 e. The minimum absolute atomic E-state index is 0.528. The first-order valence-electron chi connectivity index (χ1n) is 7.65. The Balaban J connectivity index is 2.11. The second-order valence-corrected chi connectivity index (χ2v) is 5.86. The number of carboxylic acid groups (broad SMARTS) is 1. The highest BCUT2D eigenvalue weighted by Crippen LogP contribution is 2.34. The van der Waals surface area contributed by atoms with E-state index in [0.717, 1.165) is 5.56 Å². The molecule has 1 atom stereocenters. The Morgan fingerprint density at radius 1 is 1.33 bits per heavy atom. The van der Waals surface area contributed by atoms with Crippen molar-refractivity contribution in [1.29, 1.82) is 0 Å². The number of carboxylic acids is 1. The fraction of sp³-hybridized carbons (Fsp3) is 0.588. The van der Waals surface area contributed by atoms with Crippen LogP contribution in [-0.2, 0) is 9.53 Å². The van der Waals surface area contributed by atoms with Crippen molar-refractivity contribution in [3.63, 3.8) is 0 Å². The number of methoxy groups -OCH3 is 1. The number of benzene rings is 1. The van der Waals surface area contributed by atoms with Gasteiger partial charge < -0.3 is 9.84 Å². The predicted molar refractivity (Wildman–Crippen MR) is 82.5 cm³/mol. The van der Waals surface area contributed by atoms with Crippen molar-refractivity contribution in [2.75, 3.05) is 27.3 Å². The topological polar surface area (TPSA) is 49.8 Å². The molecule has 0 bridgehead atoms. The van der Waals surface area contributed by atoms with Crippen LogP contribution in [0.5, 0.6) is 0 Å². The Morgan fingerprint density at radius 2 is 1.95 bits per heavy atom. The van der Waals surface area contributed by atoms with E-state index >= 15 is 0 Å². The molecule has 0 saturated heterocycles. The summed E-state index contributed by atoms with van der Waals surface area (Å²) in [5.41, 5.74) is 2.18. The molecule has 1 unspecified atom stereocenters. The van der Waals surface area contributed by atoms with E-state index in [4.69, 9.17) is 4.74 Å². The van der Waals surface area contributed by atoms with Gasteiger partial charge in [-0.2, -0.15) is 0 Å². The molecule has 0 heterocycles. The van der Waals surface area contributed by atoms with Gasteiger partial charge in [0.25, 0.3) is 0 Å². The smallest absolute Gasteiger partial charge is 0.325 e. The van der Waals surface area contributed by atoms with E-state index in [-0.39, 0.29) is 0 Å². The van der Waals surface area contributed by atoms with Crippen molar-refractivity contribution >= 4 is 5.97 Å². The molecule has 1 fully saturated rings. The van der Waals surface area contributed by atoms with Crippen LogP contribution in [0.1, 0.15) is 48.8 Å². The number of aliphatic carboxylic acids is 1. The van der Waals surface area contributed by atoms with Crippen LogP contribution in [-0.4, -0.2) is 43.3 Å². The Kier molecular flexibility index (Phi) is 5.76. The first-order valence-corrected chi connectivity index (χ1v) is 7.65. The summed E-state index contributed by atoms with van der Waals surface area (Å²) in [6.07, 6.45) is 5.14. The van der Waals surface area contributed by atoms with Crippen LogP contribution in [0.25, 0.3) is 0 Å². The Hall–Kier alpha value is -1.39. The molecule has 1 aromatic carbocycles. The van der Waals surface area contributed by atoms with Crippen molar-refractivity contribution in [3.05, 3.63) is 35.4 Å². The van der Waals surface area contributed by atoms with E-state index in [1.54, 1.807) is 7.11 Å². The van der Waals surface area contributed by atoms with Crippen LogP contribution in [0.3, 0.4) is 0 Å². The largest absolute Gasteiger partial charge is 0.480 e. The van der Waals surface area contributed by atoms with Crippen molar-refractivity contribution in [3.8, 4) is 0 Å². The van der Waals surface area contributed by atoms with Crippen molar-refractivity contribution in [2.24, 2.45) is 0 Å². The van der Waals surface area contributed by atoms with Gasteiger partial charge in [0.1, 0.15) is 6.04 Å². The molecule has 4 nitrogen and oxygen atoms in total. The average Bonchev–Trinajstić information content (AvgIpc) is 3.00. The average molecular weight is 291 g/mol. The quantitative estimate of drug-likeness (QED) is 0.839. The summed E-state index contributed by atoms with van der Waals surface area (Å²) in [7, 11) is 3.45. The van der Waals surface area contributed by atoms with E-state index in [9.17, 15) is 9.90 Å². The molecule has 1 N–H and O–H groups in total. The van der Waals surface area contributed by atoms with Gasteiger partial charge in [0.15, 0.2) is 0 Å². The minimum atomic E-state index is -0.817. The van der Waals surface area contributed by atoms with E-state index in [0.29, 0.717) is 19.1 Å². The monoisotopic (exact) mass is 291 g/mol. The van der Waals surface area contributed by atoms with E-state index < -0.39 is 12.0 Å². The second kappa shape index (κ2) is 7.57. The van der Waals surface area contributed by atoms with E-state index in [1.807, 2.05) is 24.1 Å². The molecule has 116 valence electrons. The van der Waals surface area contributed by atoms with Crippen LogP contribution in [0.4, 0.5) is 0 Å². The van der Waals surface area contributed by atoms with Gasteiger partial charge in [-0.25, -0.2) is 0 Å². The van der Waals surface area contributed by atoms with Crippen molar-refractivity contribution < 1.29 is 14.6 Å². The number of rotatable bonds is 7. The van der Waals surface area contributed by atoms with Crippen molar-refractivity contribution in [2.45, 2.75) is 37.6 Å². The van der Waals surface area contributed by atoms with Gasteiger partial charge in [-0.3, -0.25) is 9.69 Å². The predicted octanol–water partition coefficient (Wildman–Crippen LogP) is 3.05. The van der Waals surface area contributed by atoms with Crippen LogP contribution in [0, 0.1) is 0 Å². The first kappa shape index (κ1) is 16.0. The molecular formula is C17H25NO3.